The molecule has 0 spiro atoms. The number of H-pyrrole nitrogens is 1. The standard InChI is InChI=1S/C21H22N4O2/c26-20-16-5-1-2-6-19(16)23-21(27)25(20)9-8-24-12-15-10-17(18(15)13-24)14-4-3-7-22-11-14/h1-7,11,15,17-18H,8-10,12-13H2,(H,23,27). The minimum atomic E-state index is -0.325. The van der Waals surface area contributed by atoms with Crippen molar-refractivity contribution in [3.05, 3.63) is 75.2 Å². The van der Waals surface area contributed by atoms with E-state index in [0.29, 0.717) is 29.3 Å². The maximum absolute atomic E-state index is 12.6. The number of likely N-dealkylation sites (tertiary alicyclic amines) is 1. The average Bonchev–Trinajstić information content (AvgIpc) is 2.99. The van der Waals surface area contributed by atoms with Gasteiger partial charge in [0, 0.05) is 38.6 Å². The highest BCUT2D eigenvalue weighted by Crippen LogP contribution is 2.50. The van der Waals surface area contributed by atoms with Crippen LogP contribution in [0, 0.1) is 11.8 Å². The van der Waals surface area contributed by atoms with Crippen molar-refractivity contribution >= 4 is 10.9 Å². The Hall–Kier alpha value is -2.73. The van der Waals surface area contributed by atoms with Gasteiger partial charge in [0.15, 0.2) is 0 Å². The van der Waals surface area contributed by atoms with E-state index in [4.69, 9.17) is 0 Å². The van der Waals surface area contributed by atoms with Crippen molar-refractivity contribution in [1.82, 2.24) is 19.4 Å². The van der Waals surface area contributed by atoms with Crippen molar-refractivity contribution in [2.45, 2.75) is 18.9 Å². The summed E-state index contributed by atoms with van der Waals surface area (Å²) in [6.45, 7) is 3.25. The Bertz CT molecular complexity index is 1090. The van der Waals surface area contributed by atoms with Crippen molar-refractivity contribution in [2.24, 2.45) is 11.8 Å². The van der Waals surface area contributed by atoms with Crippen LogP contribution in [0.25, 0.3) is 10.9 Å². The molecule has 1 aliphatic carbocycles. The molecule has 2 fully saturated rings. The summed E-state index contributed by atoms with van der Waals surface area (Å²) in [5.41, 5.74) is 1.41. The van der Waals surface area contributed by atoms with Crippen molar-refractivity contribution in [2.75, 3.05) is 19.6 Å². The first-order chi connectivity index (χ1) is 13.2. The number of hydrogen-bond donors (Lipinski definition) is 1. The number of para-hydroxylation sites is 1. The second-order valence-corrected chi connectivity index (χ2v) is 7.74. The maximum Gasteiger partial charge on any atom is 0.328 e. The molecule has 3 atom stereocenters. The Morgan fingerprint density at radius 3 is 2.81 bits per heavy atom. The van der Waals surface area contributed by atoms with E-state index in [1.807, 2.05) is 30.6 Å². The number of aromatic amines is 1. The molecule has 2 aliphatic rings. The largest absolute Gasteiger partial charge is 0.328 e. The van der Waals surface area contributed by atoms with Gasteiger partial charge in [-0.3, -0.25) is 14.3 Å². The van der Waals surface area contributed by atoms with E-state index in [2.05, 4.69) is 20.9 Å². The first-order valence-electron chi connectivity index (χ1n) is 9.55. The summed E-state index contributed by atoms with van der Waals surface area (Å²) in [4.78, 5) is 34.4. The van der Waals surface area contributed by atoms with Gasteiger partial charge in [-0.25, -0.2) is 4.79 Å². The van der Waals surface area contributed by atoms with Gasteiger partial charge in [-0.15, -0.1) is 0 Å². The molecule has 1 saturated carbocycles. The maximum atomic E-state index is 12.6. The molecule has 3 aromatic rings. The Labute approximate surface area is 156 Å². The van der Waals surface area contributed by atoms with E-state index in [-0.39, 0.29) is 11.2 Å². The van der Waals surface area contributed by atoms with Crippen LogP contribution in [0.15, 0.2) is 58.4 Å². The van der Waals surface area contributed by atoms with E-state index in [1.54, 1.807) is 12.1 Å². The highest BCUT2D eigenvalue weighted by atomic mass is 16.2. The monoisotopic (exact) mass is 362 g/mol. The van der Waals surface area contributed by atoms with Gasteiger partial charge >= 0.3 is 5.69 Å². The molecule has 5 rings (SSSR count). The quantitative estimate of drug-likeness (QED) is 0.769. The molecule has 6 nitrogen and oxygen atoms in total. The molecular weight excluding hydrogens is 340 g/mol. The minimum Gasteiger partial charge on any atom is -0.307 e. The van der Waals surface area contributed by atoms with E-state index in [0.717, 1.165) is 25.6 Å². The molecule has 6 heteroatoms. The summed E-state index contributed by atoms with van der Waals surface area (Å²) in [6, 6.07) is 11.3. The predicted molar refractivity (Wildman–Crippen MR) is 104 cm³/mol. The van der Waals surface area contributed by atoms with Crippen LogP contribution in [0.3, 0.4) is 0 Å². The van der Waals surface area contributed by atoms with Crippen molar-refractivity contribution < 1.29 is 0 Å². The fourth-order valence-electron chi connectivity index (χ4n) is 4.80. The van der Waals surface area contributed by atoms with Crippen LogP contribution in [0.4, 0.5) is 0 Å². The lowest BCUT2D eigenvalue weighted by Crippen LogP contribution is -2.38. The van der Waals surface area contributed by atoms with Crippen LogP contribution < -0.4 is 11.2 Å². The van der Waals surface area contributed by atoms with Gasteiger partial charge in [-0.05, 0) is 47.9 Å². The molecule has 0 radical (unpaired) electrons. The zero-order chi connectivity index (χ0) is 18.4. The minimum absolute atomic E-state index is 0.204. The van der Waals surface area contributed by atoms with Crippen molar-refractivity contribution in [1.29, 1.82) is 0 Å². The number of nitrogens with one attached hydrogen (secondary N) is 1. The summed E-state index contributed by atoms with van der Waals surface area (Å²) in [7, 11) is 0. The SMILES string of the molecule is O=c1[nH]c2ccccc2c(=O)n1CCN1CC2CC(c3cccnc3)C2C1. The van der Waals surface area contributed by atoms with Crippen molar-refractivity contribution in [3.63, 3.8) is 0 Å². The zero-order valence-corrected chi connectivity index (χ0v) is 15.0. The third-order valence-electron chi connectivity index (χ3n) is 6.28. The lowest BCUT2D eigenvalue weighted by atomic mass is 9.64. The number of rotatable bonds is 4. The zero-order valence-electron chi connectivity index (χ0n) is 15.0. The van der Waals surface area contributed by atoms with Gasteiger partial charge in [-0.1, -0.05) is 18.2 Å². The van der Waals surface area contributed by atoms with Crippen LogP contribution in [0.1, 0.15) is 17.9 Å². The smallest absolute Gasteiger partial charge is 0.307 e. The Balaban J connectivity index is 1.29. The second-order valence-electron chi connectivity index (χ2n) is 7.74. The third-order valence-corrected chi connectivity index (χ3v) is 6.28. The summed E-state index contributed by atoms with van der Waals surface area (Å²) >= 11 is 0. The fourth-order valence-corrected chi connectivity index (χ4v) is 4.80. The molecular formula is C21H22N4O2. The number of benzene rings is 1. The number of hydrogen-bond acceptors (Lipinski definition) is 4. The molecule has 27 heavy (non-hydrogen) atoms. The summed E-state index contributed by atoms with van der Waals surface area (Å²) in [6.07, 6.45) is 5.01. The van der Waals surface area contributed by atoms with Gasteiger partial charge in [0.25, 0.3) is 5.56 Å². The number of pyridine rings is 1. The molecule has 3 unspecified atom stereocenters. The topological polar surface area (TPSA) is 71.0 Å². The molecule has 1 saturated heterocycles. The molecule has 1 aliphatic heterocycles. The fraction of sp³-hybridized carbons (Fsp3) is 0.381. The Kier molecular flexibility index (Phi) is 3.93. The molecule has 1 aromatic carbocycles. The van der Waals surface area contributed by atoms with Crippen molar-refractivity contribution in [3.8, 4) is 0 Å². The highest BCUT2D eigenvalue weighted by molar-refractivity contribution is 5.76. The second kappa shape index (κ2) is 6.46. The van der Waals surface area contributed by atoms with E-state index < -0.39 is 0 Å². The molecule has 1 N–H and O–H groups in total. The summed E-state index contributed by atoms with van der Waals surface area (Å²) in [5, 5.41) is 0.565. The number of aromatic nitrogens is 3. The van der Waals surface area contributed by atoms with E-state index >= 15 is 0 Å². The average molecular weight is 362 g/mol. The van der Waals surface area contributed by atoms with Gasteiger partial charge in [0.2, 0.25) is 0 Å². The Morgan fingerprint density at radius 1 is 1.07 bits per heavy atom. The lowest BCUT2D eigenvalue weighted by molar-refractivity contribution is 0.190. The molecule has 0 amide bonds. The van der Waals surface area contributed by atoms with Gasteiger partial charge in [0.05, 0.1) is 10.9 Å². The van der Waals surface area contributed by atoms with Gasteiger partial charge < -0.3 is 9.88 Å². The van der Waals surface area contributed by atoms with Crippen LogP contribution in [0.5, 0.6) is 0 Å². The first-order valence-corrected chi connectivity index (χ1v) is 9.55. The molecule has 0 bridgehead atoms. The van der Waals surface area contributed by atoms with Gasteiger partial charge in [0.1, 0.15) is 0 Å². The van der Waals surface area contributed by atoms with Crippen LogP contribution in [-0.2, 0) is 6.54 Å². The third kappa shape index (κ3) is 2.80. The predicted octanol–water partition coefficient (Wildman–Crippen LogP) is 1.82. The first kappa shape index (κ1) is 16.4. The Morgan fingerprint density at radius 2 is 1.96 bits per heavy atom. The van der Waals surface area contributed by atoms with Gasteiger partial charge in [-0.2, -0.15) is 0 Å². The molecule has 2 aromatic heterocycles. The lowest BCUT2D eigenvalue weighted by Gasteiger charge is -2.39. The summed E-state index contributed by atoms with van der Waals surface area (Å²) in [5.74, 6) is 1.99. The summed E-state index contributed by atoms with van der Waals surface area (Å²) < 4.78 is 1.33. The van der Waals surface area contributed by atoms with Crippen LogP contribution >= 0.6 is 0 Å². The number of fused-ring (bicyclic) bond motifs is 2. The highest BCUT2D eigenvalue weighted by Gasteiger charge is 2.47. The molecule has 138 valence electrons. The number of nitrogens with zero attached hydrogens (tertiary/aromatic N) is 3. The van der Waals surface area contributed by atoms with Crippen LogP contribution in [0.2, 0.25) is 0 Å². The van der Waals surface area contributed by atoms with E-state index in [9.17, 15) is 9.59 Å². The van der Waals surface area contributed by atoms with E-state index in [1.165, 1.54) is 16.6 Å². The van der Waals surface area contributed by atoms with Crippen LogP contribution in [-0.4, -0.2) is 39.1 Å². The molecule has 3 heterocycles. The normalized spacial score (nSPS) is 24.7.